The van der Waals surface area contributed by atoms with Crippen molar-refractivity contribution < 1.29 is 9.59 Å². The maximum absolute atomic E-state index is 12.0. The molecule has 1 aliphatic carbocycles. The van der Waals surface area contributed by atoms with Gasteiger partial charge >= 0.3 is 0 Å². The van der Waals surface area contributed by atoms with E-state index >= 15 is 0 Å². The molecule has 1 heterocycles. The first-order valence-electron chi connectivity index (χ1n) is 7.39. The number of nitrogens with zero attached hydrogens (tertiary/aromatic N) is 3. The Balaban J connectivity index is 1.75. The molecule has 0 spiro atoms. The van der Waals surface area contributed by atoms with Crippen LogP contribution in [-0.4, -0.2) is 23.0 Å². The summed E-state index contributed by atoms with van der Waals surface area (Å²) in [5.74, 6) is -0.132. The molecule has 0 atom stereocenters. The summed E-state index contributed by atoms with van der Waals surface area (Å²) < 4.78 is 0. The minimum atomic E-state index is -0.169. The molecular weight excluding hydrogens is 348 g/mol. The number of nitrogens with one attached hydrogen (secondary N) is 1. The maximum atomic E-state index is 12.0. The van der Waals surface area contributed by atoms with Crippen molar-refractivity contribution >= 4 is 51.8 Å². The number of rotatable bonds is 5. The van der Waals surface area contributed by atoms with Gasteiger partial charge in [-0.15, -0.1) is 11.3 Å². The van der Waals surface area contributed by atoms with Crippen LogP contribution < -0.4 is 10.3 Å². The number of hydrogen-bond donors (Lipinski definition) is 1. The largest absolute Gasteiger partial charge is 0.274 e. The number of halogens is 1. The molecule has 1 fully saturated rings. The number of benzene rings is 1. The molecule has 1 aliphatic rings. The molecule has 24 heavy (non-hydrogen) atoms. The Morgan fingerprint density at radius 3 is 2.92 bits per heavy atom. The molecule has 6 nitrogen and oxygen atoms in total. The zero-order valence-electron chi connectivity index (χ0n) is 12.9. The third kappa shape index (κ3) is 3.98. The van der Waals surface area contributed by atoms with Gasteiger partial charge in [0.2, 0.25) is 11.8 Å². The van der Waals surface area contributed by atoms with Crippen LogP contribution in [0.5, 0.6) is 0 Å². The minimum absolute atomic E-state index is 0.0639. The number of anilines is 2. The van der Waals surface area contributed by atoms with Gasteiger partial charge in [-0.2, -0.15) is 5.10 Å². The SMILES string of the molecule is CC(=O)N(c1cccc(Cl)c1)c1nc(/C=N\NC(=O)C2CC2)cs1. The molecule has 0 radical (unpaired) electrons. The lowest BCUT2D eigenvalue weighted by atomic mass is 10.3. The van der Waals surface area contributed by atoms with Crippen LogP contribution in [0.4, 0.5) is 10.8 Å². The van der Waals surface area contributed by atoms with Crippen LogP contribution in [0.3, 0.4) is 0 Å². The van der Waals surface area contributed by atoms with Gasteiger partial charge in [-0.1, -0.05) is 17.7 Å². The van der Waals surface area contributed by atoms with Gasteiger partial charge in [0, 0.05) is 23.2 Å². The van der Waals surface area contributed by atoms with E-state index in [9.17, 15) is 9.59 Å². The van der Waals surface area contributed by atoms with Gasteiger partial charge in [0.1, 0.15) is 0 Å². The second-order valence-corrected chi connectivity index (χ2v) is 6.67. The van der Waals surface area contributed by atoms with Gasteiger partial charge in [-0.25, -0.2) is 10.4 Å². The highest BCUT2D eigenvalue weighted by Crippen LogP contribution is 2.30. The Morgan fingerprint density at radius 2 is 2.25 bits per heavy atom. The molecule has 2 aromatic rings. The zero-order chi connectivity index (χ0) is 17.1. The molecule has 3 rings (SSSR count). The summed E-state index contributed by atoms with van der Waals surface area (Å²) in [6.07, 6.45) is 3.32. The summed E-state index contributed by atoms with van der Waals surface area (Å²) in [6, 6.07) is 7.01. The van der Waals surface area contributed by atoms with E-state index in [1.165, 1.54) is 29.4 Å². The van der Waals surface area contributed by atoms with Crippen molar-refractivity contribution in [2.24, 2.45) is 11.0 Å². The summed E-state index contributed by atoms with van der Waals surface area (Å²) in [5, 5.41) is 6.72. The van der Waals surface area contributed by atoms with Crippen molar-refractivity contribution in [2.45, 2.75) is 19.8 Å². The van der Waals surface area contributed by atoms with Crippen molar-refractivity contribution in [1.82, 2.24) is 10.4 Å². The lowest BCUT2D eigenvalue weighted by Gasteiger charge is -2.18. The summed E-state index contributed by atoms with van der Waals surface area (Å²) >= 11 is 7.31. The molecule has 0 aliphatic heterocycles. The normalized spacial score (nSPS) is 13.9. The number of hydrogen-bond acceptors (Lipinski definition) is 5. The number of aromatic nitrogens is 1. The van der Waals surface area contributed by atoms with E-state index in [0.29, 0.717) is 21.5 Å². The molecular formula is C16H15ClN4O2S. The molecule has 0 unspecified atom stereocenters. The first-order valence-corrected chi connectivity index (χ1v) is 8.65. The number of amides is 2. The molecule has 8 heteroatoms. The Kier molecular flexibility index (Phi) is 4.92. The highest BCUT2D eigenvalue weighted by Gasteiger charge is 2.29. The van der Waals surface area contributed by atoms with Gasteiger partial charge in [0.25, 0.3) is 0 Å². The van der Waals surface area contributed by atoms with E-state index in [1.54, 1.807) is 29.6 Å². The average Bonchev–Trinajstić information content (AvgIpc) is 3.29. The lowest BCUT2D eigenvalue weighted by Crippen LogP contribution is -2.22. The van der Waals surface area contributed by atoms with E-state index in [0.717, 1.165) is 12.8 Å². The molecule has 1 saturated carbocycles. The van der Waals surface area contributed by atoms with Gasteiger partial charge in [-0.05, 0) is 31.0 Å². The molecule has 0 bridgehead atoms. The van der Waals surface area contributed by atoms with E-state index in [-0.39, 0.29) is 17.7 Å². The van der Waals surface area contributed by atoms with Crippen LogP contribution in [0.25, 0.3) is 0 Å². The van der Waals surface area contributed by atoms with E-state index in [2.05, 4.69) is 15.5 Å². The average molecular weight is 363 g/mol. The Labute approximate surface area is 148 Å². The van der Waals surface area contributed by atoms with Crippen LogP contribution >= 0.6 is 22.9 Å². The molecule has 1 aromatic carbocycles. The van der Waals surface area contributed by atoms with Crippen molar-refractivity contribution in [3.05, 3.63) is 40.4 Å². The van der Waals surface area contributed by atoms with Crippen LogP contribution in [0.15, 0.2) is 34.7 Å². The number of hydrazone groups is 1. The minimum Gasteiger partial charge on any atom is -0.274 e. The van der Waals surface area contributed by atoms with E-state index in [4.69, 9.17) is 11.6 Å². The van der Waals surface area contributed by atoms with Gasteiger partial charge in [-0.3, -0.25) is 14.5 Å². The Morgan fingerprint density at radius 1 is 1.46 bits per heavy atom. The summed E-state index contributed by atoms with van der Waals surface area (Å²) in [5.41, 5.74) is 3.71. The summed E-state index contributed by atoms with van der Waals surface area (Å²) in [6.45, 7) is 1.46. The fourth-order valence-electron chi connectivity index (χ4n) is 2.08. The van der Waals surface area contributed by atoms with Gasteiger partial charge < -0.3 is 0 Å². The molecule has 1 N–H and O–H groups in total. The van der Waals surface area contributed by atoms with Crippen LogP contribution in [0.2, 0.25) is 5.02 Å². The fraction of sp³-hybridized carbons (Fsp3) is 0.250. The highest BCUT2D eigenvalue weighted by molar-refractivity contribution is 7.14. The zero-order valence-corrected chi connectivity index (χ0v) is 14.5. The predicted octanol–water partition coefficient (Wildman–Crippen LogP) is 3.34. The Hall–Kier alpha value is -2.25. The number of carbonyl (C=O) groups is 2. The molecule has 0 saturated heterocycles. The fourth-order valence-corrected chi connectivity index (χ4v) is 3.10. The van der Waals surface area contributed by atoms with Crippen LogP contribution in [0, 0.1) is 5.92 Å². The predicted molar refractivity (Wildman–Crippen MR) is 94.8 cm³/mol. The van der Waals surface area contributed by atoms with Gasteiger partial charge in [0.15, 0.2) is 5.13 Å². The standard InChI is InChI=1S/C16H15ClN4O2S/c1-10(22)21(14-4-2-3-12(17)7-14)16-19-13(9-24-16)8-18-20-15(23)11-5-6-11/h2-4,7-9,11H,5-6H2,1H3,(H,20,23)/b18-8-. The summed E-state index contributed by atoms with van der Waals surface area (Å²) in [4.78, 5) is 29.4. The van der Waals surface area contributed by atoms with Gasteiger partial charge in [0.05, 0.1) is 17.6 Å². The van der Waals surface area contributed by atoms with Crippen molar-refractivity contribution in [3.63, 3.8) is 0 Å². The van der Waals surface area contributed by atoms with Crippen molar-refractivity contribution in [1.29, 1.82) is 0 Å². The van der Waals surface area contributed by atoms with Crippen molar-refractivity contribution in [3.8, 4) is 0 Å². The van der Waals surface area contributed by atoms with Crippen molar-refractivity contribution in [2.75, 3.05) is 4.90 Å². The second kappa shape index (κ2) is 7.11. The summed E-state index contributed by atoms with van der Waals surface area (Å²) in [7, 11) is 0. The third-order valence-electron chi connectivity index (χ3n) is 3.40. The lowest BCUT2D eigenvalue weighted by molar-refractivity contribution is -0.122. The monoisotopic (exact) mass is 362 g/mol. The van der Waals surface area contributed by atoms with E-state index in [1.807, 2.05) is 0 Å². The first-order chi connectivity index (χ1) is 11.5. The Bertz CT molecular complexity index is 801. The second-order valence-electron chi connectivity index (χ2n) is 5.40. The molecule has 124 valence electrons. The highest BCUT2D eigenvalue weighted by atomic mass is 35.5. The van der Waals surface area contributed by atoms with E-state index < -0.39 is 0 Å². The molecule has 1 aromatic heterocycles. The smallest absolute Gasteiger partial charge is 0.243 e. The first kappa shape index (κ1) is 16.6. The number of carbonyl (C=O) groups excluding carboxylic acids is 2. The topological polar surface area (TPSA) is 74.7 Å². The van der Waals surface area contributed by atoms with Crippen LogP contribution in [-0.2, 0) is 9.59 Å². The molecule has 2 amide bonds. The van der Waals surface area contributed by atoms with Crippen LogP contribution in [0.1, 0.15) is 25.5 Å². The quantitative estimate of drug-likeness (QED) is 0.654. The number of thiazole rings is 1. The maximum Gasteiger partial charge on any atom is 0.243 e. The third-order valence-corrected chi connectivity index (χ3v) is 4.48.